The average molecular weight is 534 g/mol. The Morgan fingerprint density at radius 1 is 1.27 bits per heavy atom. The number of hydrogen-bond donors (Lipinski definition) is 3. The number of halogens is 1. The van der Waals surface area contributed by atoms with Crippen LogP contribution in [0.1, 0.15) is 33.3 Å². The van der Waals surface area contributed by atoms with Crippen molar-refractivity contribution in [1.82, 2.24) is 15.5 Å². The van der Waals surface area contributed by atoms with Crippen molar-refractivity contribution in [3.63, 3.8) is 0 Å². The number of nitrogens with one attached hydrogen (secondary N) is 2. The summed E-state index contributed by atoms with van der Waals surface area (Å²) in [4.78, 5) is 6.92. The molecule has 1 aromatic carbocycles. The molecule has 1 fully saturated rings. The summed E-state index contributed by atoms with van der Waals surface area (Å²) in [7, 11) is 0. The van der Waals surface area contributed by atoms with Crippen molar-refractivity contribution in [2.45, 2.75) is 39.8 Å². The molecule has 0 saturated carbocycles. The number of guanidine groups is 1. The summed E-state index contributed by atoms with van der Waals surface area (Å²) in [5, 5.41) is 17.3. The third-order valence-corrected chi connectivity index (χ3v) is 4.60. The van der Waals surface area contributed by atoms with Crippen LogP contribution in [0.25, 0.3) is 0 Å². The molecule has 7 nitrogen and oxygen atoms in total. The van der Waals surface area contributed by atoms with E-state index in [4.69, 9.17) is 14.5 Å². The van der Waals surface area contributed by atoms with Crippen molar-refractivity contribution in [2.75, 3.05) is 52.5 Å². The fraction of sp³-hybridized carbons (Fsp3) is 0.682. The van der Waals surface area contributed by atoms with E-state index in [1.807, 2.05) is 38.1 Å². The van der Waals surface area contributed by atoms with Crippen molar-refractivity contribution in [3.05, 3.63) is 29.8 Å². The second-order valence-electron chi connectivity index (χ2n) is 8.25. The van der Waals surface area contributed by atoms with Crippen LogP contribution in [0.15, 0.2) is 29.3 Å². The van der Waals surface area contributed by atoms with Crippen LogP contribution in [0.5, 0.6) is 5.75 Å². The first-order chi connectivity index (χ1) is 13.9. The molecule has 0 aliphatic carbocycles. The lowest BCUT2D eigenvalue weighted by molar-refractivity contribution is -0.0201. The van der Waals surface area contributed by atoms with Gasteiger partial charge in [0.05, 0.1) is 32.0 Å². The molecule has 172 valence electrons. The highest BCUT2D eigenvalue weighted by Gasteiger charge is 2.25. The van der Waals surface area contributed by atoms with Gasteiger partial charge < -0.3 is 25.2 Å². The maximum Gasteiger partial charge on any atom is 0.191 e. The van der Waals surface area contributed by atoms with Crippen LogP contribution in [0.4, 0.5) is 0 Å². The molecule has 3 N–H and O–H groups in total. The van der Waals surface area contributed by atoms with Crippen LogP contribution in [0, 0.1) is 5.92 Å². The van der Waals surface area contributed by atoms with E-state index in [1.165, 1.54) is 0 Å². The Balaban J connectivity index is 0.00000450. The number of rotatable bonds is 10. The molecule has 0 bridgehead atoms. The van der Waals surface area contributed by atoms with Gasteiger partial charge in [-0.3, -0.25) is 4.90 Å². The van der Waals surface area contributed by atoms with Crippen molar-refractivity contribution < 1.29 is 14.6 Å². The Bertz CT molecular complexity index is 635. The number of β-amino-alcohol motifs (C(OH)–C–C–N with tert-alkyl or cyclic N) is 1. The first-order valence-electron chi connectivity index (χ1n) is 10.6. The molecule has 0 amide bonds. The van der Waals surface area contributed by atoms with Gasteiger partial charge >= 0.3 is 0 Å². The zero-order chi connectivity index (χ0) is 21.1. The third kappa shape index (κ3) is 10.3. The van der Waals surface area contributed by atoms with Gasteiger partial charge in [-0.25, -0.2) is 4.99 Å². The molecule has 1 saturated heterocycles. The molecule has 0 spiro atoms. The number of nitrogens with zero attached hydrogens (tertiary/aromatic N) is 2. The molecule has 8 heteroatoms. The summed E-state index contributed by atoms with van der Waals surface area (Å²) >= 11 is 0. The summed E-state index contributed by atoms with van der Waals surface area (Å²) in [6.07, 6.45) is 0. The standard InChI is InChI=1S/C22H38N4O3.HI/c1-5-23-21(25-16-22(4,27)17-26-10-12-28-13-11-26)24-14-19-8-6-7-9-20(19)29-15-18(2)3;/h6-9,18,27H,5,10-17H2,1-4H3,(H2,23,24,25);1H. The monoisotopic (exact) mass is 534 g/mol. The molecule has 1 aliphatic rings. The van der Waals surface area contributed by atoms with Gasteiger partial charge in [-0.05, 0) is 25.8 Å². The molecule has 1 aromatic rings. The normalized spacial score (nSPS) is 17.2. The largest absolute Gasteiger partial charge is 0.493 e. The van der Waals surface area contributed by atoms with E-state index >= 15 is 0 Å². The number of ether oxygens (including phenoxy) is 2. The van der Waals surface area contributed by atoms with E-state index in [2.05, 4.69) is 29.4 Å². The number of morpholine rings is 1. The lowest BCUT2D eigenvalue weighted by Gasteiger charge is -2.34. The van der Waals surface area contributed by atoms with Gasteiger partial charge in [-0.1, -0.05) is 32.0 Å². The van der Waals surface area contributed by atoms with Crippen LogP contribution < -0.4 is 15.4 Å². The first-order valence-corrected chi connectivity index (χ1v) is 10.6. The van der Waals surface area contributed by atoms with Crippen molar-refractivity contribution >= 4 is 29.9 Å². The highest BCUT2D eigenvalue weighted by atomic mass is 127. The van der Waals surface area contributed by atoms with Gasteiger partial charge in [0, 0.05) is 38.3 Å². The predicted molar refractivity (Wildman–Crippen MR) is 133 cm³/mol. The molecule has 0 aromatic heterocycles. The second-order valence-corrected chi connectivity index (χ2v) is 8.25. The summed E-state index contributed by atoms with van der Waals surface area (Å²) in [5.41, 5.74) is 0.191. The maximum absolute atomic E-state index is 10.8. The van der Waals surface area contributed by atoms with E-state index in [9.17, 15) is 5.11 Å². The van der Waals surface area contributed by atoms with Gasteiger partial charge in [-0.2, -0.15) is 0 Å². The minimum atomic E-state index is -0.855. The minimum Gasteiger partial charge on any atom is -0.493 e. The molecule has 1 unspecified atom stereocenters. The topological polar surface area (TPSA) is 78.4 Å². The second kappa shape index (κ2) is 14.1. The van der Waals surface area contributed by atoms with Gasteiger partial charge in [-0.15, -0.1) is 24.0 Å². The summed E-state index contributed by atoms with van der Waals surface area (Å²) in [5.74, 6) is 2.03. The summed E-state index contributed by atoms with van der Waals surface area (Å²) in [6, 6.07) is 8.01. The van der Waals surface area contributed by atoms with E-state index in [1.54, 1.807) is 0 Å². The zero-order valence-electron chi connectivity index (χ0n) is 18.8. The molecule has 30 heavy (non-hydrogen) atoms. The van der Waals surface area contributed by atoms with E-state index in [-0.39, 0.29) is 24.0 Å². The molecular weight excluding hydrogens is 495 g/mol. The van der Waals surface area contributed by atoms with Gasteiger partial charge in [0.15, 0.2) is 5.96 Å². The first kappa shape index (κ1) is 26.9. The van der Waals surface area contributed by atoms with E-state index in [0.29, 0.717) is 38.1 Å². The van der Waals surface area contributed by atoms with Crippen LogP contribution in [0.3, 0.4) is 0 Å². The van der Waals surface area contributed by atoms with E-state index in [0.717, 1.165) is 44.2 Å². The lowest BCUT2D eigenvalue weighted by Crippen LogP contribution is -2.52. The fourth-order valence-corrected chi connectivity index (χ4v) is 3.11. The number of aliphatic hydroxyl groups is 1. The Morgan fingerprint density at radius 2 is 1.97 bits per heavy atom. The third-order valence-electron chi connectivity index (χ3n) is 4.60. The Hall–Kier alpha value is -1.10. The highest BCUT2D eigenvalue weighted by Crippen LogP contribution is 2.19. The van der Waals surface area contributed by atoms with Crippen molar-refractivity contribution in [1.29, 1.82) is 0 Å². The smallest absolute Gasteiger partial charge is 0.191 e. The highest BCUT2D eigenvalue weighted by molar-refractivity contribution is 14.0. The number of hydrogen-bond acceptors (Lipinski definition) is 5. The van der Waals surface area contributed by atoms with Crippen LogP contribution in [-0.2, 0) is 11.3 Å². The summed E-state index contributed by atoms with van der Waals surface area (Å²) in [6.45, 7) is 14.3. The van der Waals surface area contributed by atoms with Crippen LogP contribution in [-0.4, -0.2) is 74.1 Å². The quantitative estimate of drug-likeness (QED) is 0.243. The molecule has 1 atom stereocenters. The molecule has 1 heterocycles. The Labute approximate surface area is 198 Å². The van der Waals surface area contributed by atoms with Gasteiger partial charge in [0.25, 0.3) is 0 Å². The molecular formula is C22H39IN4O3. The Morgan fingerprint density at radius 3 is 2.63 bits per heavy atom. The SMILES string of the molecule is CCNC(=NCc1ccccc1OCC(C)C)NCC(C)(O)CN1CCOCC1.I. The predicted octanol–water partition coefficient (Wildman–Crippen LogP) is 2.48. The number of aliphatic imine (C=N–C) groups is 1. The minimum absolute atomic E-state index is 0. The number of para-hydroxylation sites is 1. The lowest BCUT2D eigenvalue weighted by atomic mass is 10.1. The van der Waals surface area contributed by atoms with E-state index < -0.39 is 5.60 Å². The Kier molecular flexibility index (Phi) is 12.6. The zero-order valence-corrected chi connectivity index (χ0v) is 21.1. The fourth-order valence-electron chi connectivity index (χ4n) is 3.11. The van der Waals surface area contributed by atoms with Gasteiger partial charge in [0.1, 0.15) is 5.75 Å². The van der Waals surface area contributed by atoms with Crippen LogP contribution >= 0.6 is 24.0 Å². The number of benzene rings is 1. The molecule has 2 rings (SSSR count). The van der Waals surface area contributed by atoms with Gasteiger partial charge in [0.2, 0.25) is 0 Å². The van der Waals surface area contributed by atoms with Crippen molar-refractivity contribution in [3.8, 4) is 5.75 Å². The average Bonchev–Trinajstić information content (AvgIpc) is 2.69. The maximum atomic E-state index is 10.8. The van der Waals surface area contributed by atoms with Crippen LogP contribution in [0.2, 0.25) is 0 Å². The molecule has 1 aliphatic heterocycles. The molecule has 0 radical (unpaired) electrons. The van der Waals surface area contributed by atoms with Crippen molar-refractivity contribution in [2.24, 2.45) is 10.9 Å². The summed E-state index contributed by atoms with van der Waals surface area (Å²) < 4.78 is 11.3.